The number of hydrogen-bond acceptors (Lipinski definition) is 3. The van der Waals surface area contributed by atoms with Crippen LogP contribution in [0.3, 0.4) is 0 Å². The van der Waals surface area contributed by atoms with Crippen LogP contribution >= 0.6 is 11.3 Å². The molecule has 1 fully saturated rings. The minimum absolute atomic E-state index is 0.761. The van der Waals surface area contributed by atoms with Crippen LogP contribution in [0, 0.1) is 0 Å². The van der Waals surface area contributed by atoms with Crippen LogP contribution in [0.1, 0.15) is 23.5 Å². The average molecular weight is 303 g/mol. The second-order valence-electron chi connectivity index (χ2n) is 5.17. The first-order valence-corrected chi connectivity index (χ1v) is 8.38. The van der Waals surface area contributed by atoms with Crippen LogP contribution in [0.25, 0.3) is 0 Å². The molecule has 112 valence electrons. The Morgan fingerprint density at radius 1 is 1.29 bits per heavy atom. The van der Waals surface area contributed by atoms with E-state index < -0.39 is 0 Å². The van der Waals surface area contributed by atoms with Crippen LogP contribution in [0.5, 0.6) is 0 Å². The molecule has 0 aliphatic carbocycles. The van der Waals surface area contributed by atoms with Crippen molar-refractivity contribution in [2.75, 3.05) is 19.6 Å². The predicted molar refractivity (Wildman–Crippen MR) is 86.7 cm³/mol. The second kappa shape index (κ2) is 7.31. The molecule has 3 rings (SSSR count). The number of nitrogens with zero attached hydrogens (tertiary/aromatic N) is 2. The third-order valence-electron chi connectivity index (χ3n) is 3.60. The van der Waals surface area contributed by atoms with Crippen molar-refractivity contribution < 1.29 is 4.42 Å². The van der Waals surface area contributed by atoms with Gasteiger partial charge in [0, 0.05) is 30.9 Å². The van der Waals surface area contributed by atoms with E-state index in [1.165, 1.54) is 17.7 Å². The summed E-state index contributed by atoms with van der Waals surface area (Å²) in [5.74, 6) is 2.05. The number of nitrogens with one attached hydrogen (secondary N) is 1. The van der Waals surface area contributed by atoms with Gasteiger partial charge in [0.1, 0.15) is 5.76 Å². The molecule has 1 N–H and O–H groups in total. The van der Waals surface area contributed by atoms with Crippen molar-refractivity contribution in [3.8, 4) is 0 Å². The first kappa shape index (κ1) is 14.2. The molecule has 0 amide bonds. The van der Waals surface area contributed by atoms with Gasteiger partial charge in [-0.25, -0.2) is 4.99 Å². The summed E-state index contributed by atoms with van der Waals surface area (Å²) in [7, 11) is 0. The first-order valence-electron chi connectivity index (χ1n) is 7.50. The topological polar surface area (TPSA) is 40.8 Å². The van der Waals surface area contributed by atoms with Crippen LogP contribution in [0.4, 0.5) is 0 Å². The summed E-state index contributed by atoms with van der Waals surface area (Å²) < 4.78 is 5.37. The molecule has 21 heavy (non-hydrogen) atoms. The number of likely N-dealkylation sites (tertiary alicyclic amines) is 1. The van der Waals surface area contributed by atoms with Crippen molar-refractivity contribution in [3.05, 3.63) is 46.5 Å². The zero-order valence-electron chi connectivity index (χ0n) is 12.1. The Bertz CT molecular complexity index is 542. The smallest absolute Gasteiger partial charge is 0.194 e. The molecule has 0 radical (unpaired) electrons. The highest BCUT2D eigenvalue weighted by molar-refractivity contribution is 7.09. The van der Waals surface area contributed by atoms with E-state index in [1.807, 2.05) is 12.1 Å². The first-order chi connectivity index (χ1) is 10.4. The molecular formula is C16H21N3OS. The normalized spacial score (nSPS) is 15.6. The van der Waals surface area contributed by atoms with E-state index in [4.69, 9.17) is 9.41 Å². The largest absolute Gasteiger partial charge is 0.469 e. The van der Waals surface area contributed by atoms with Gasteiger partial charge >= 0.3 is 0 Å². The van der Waals surface area contributed by atoms with Crippen molar-refractivity contribution >= 4 is 17.3 Å². The zero-order valence-corrected chi connectivity index (χ0v) is 12.9. The lowest BCUT2D eigenvalue weighted by atomic mass is 10.3. The van der Waals surface area contributed by atoms with Crippen LogP contribution in [-0.4, -0.2) is 30.5 Å². The fraction of sp³-hybridized carbons (Fsp3) is 0.438. The SMILES string of the molecule is c1coc(CCNC(=NCc2cccs2)N2CCCC2)c1. The van der Waals surface area contributed by atoms with E-state index in [2.05, 4.69) is 27.7 Å². The standard InChI is InChI=1S/C16H21N3OS/c1-2-10-19(9-1)16(18-13-15-6-4-12-21-15)17-8-7-14-5-3-11-20-14/h3-6,11-12H,1-2,7-10,13H2,(H,17,18). The third kappa shape index (κ3) is 4.11. The molecule has 0 aromatic carbocycles. The van der Waals surface area contributed by atoms with Crippen LogP contribution in [0.15, 0.2) is 45.3 Å². The Kier molecular flexibility index (Phi) is 4.94. The lowest BCUT2D eigenvalue weighted by Gasteiger charge is -2.21. The number of furan rings is 1. The van der Waals surface area contributed by atoms with Crippen molar-refractivity contribution in [1.82, 2.24) is 10.2 Å². The monoisotopic (exact) mass is 303 g/mol. The Balaban J connectivity index is 1.57. The Morgan fingerprint density at radius 3 is 2.90 bits per heavy atom. The number of hydrogen-bond donors (Lipinski definition) is 1. The van der Waals surface area contributed by atoms with Crippen LogP contribution in [0.2, 0.25) is 0 Å². The van der Waals surface area contributed by atoms with Gasteiger partial charge in [-0.2, -0.15) is 0 Å². The van der Waals surface area contributed by atoms with Gasteiger partial charge in [-0.1, -0.05) is 6.07 Å². The summed E-state index contributed by atoms with van der Waals surface area (Å²) in [4.78, 5) is 8.44. The van der Waals surface area contributed by atoms with Gasteiger partial charge in [0.05, 0.1) is 12.8 Å². The fourth-order valence-electron chi connectivity index (χ4n) is 2.50. The third-order valence-corrected chi connectivity index (χ3v) is 4.47. The Labute approximate surface area is 129 Å². The van der Waals surface area contributed by atoms with Gasteiger partial charge in [0.15, 0.2) is 5.96 Å². The van der Waals surface area contributed by atoms with Crippen molar-refractivity contribution in [1.29, 1.82) is 0 Å². The molecule has 1 saturated heterocycles. The van der Waals surface area contributed by atoms with Gasteiger partial charge < -0.3 is 14.6 Å². The highest BCUT2D eigenvalue weighted by Gasteiger charge is 2.15. The maximum atomic E-state index is 5.37. The fourth-order valence-corrected chi connectivity index (χ4v) is 3.13. The number of thiophene rings is 1. The molecule has 0 bridgehead atoms. The Morgan fingerprint density at radius 2 is 2.19 bits per heavy atom. The van der Waals surface area contributed by atoms with Crippen LogP contribution in [-0.2, 0) is 13.0 Å². The summed E-state index contributed by atoms with van der Waals surface area (Å²) in [6, 6.07) is 8.16. The molecule has 4 nitrogen and oxygen atoms in total. The van der Waals surface area contributed by atoms with Crippen molar-refractivity contribution in [3.63, 3.8) is 0 Å². The quantitative estimate of drug-likeness (QED) is 0.681. The summed E-state index contributed by atoms with van der Waals surface area (Å²) >= 11 is 1.76. The van der Waals surface area contributed by atoms with Gasteiger partial charge in [0.2, 0.25) is 0 Å². The van der Waals surface area contributed by atoms with Crippen molar-refractivity contribution in [2.45, 2.75) is 25.8 Å². The lowest BCUT2D eigenvalue weighted by molar-refractivity contribution is 0.480. The lowest BCUT2D eigenvalue weighted by Crippen LogP contribution is -2.40. The average Bonchev–Trinajstić information content (AvgIpc) is 3.25. The van der Waals surface area contributed by atoms with E-state index in [0.717, 1.165) is 44.3 Å². The van der Waals surface area contributed by atoms with Crippen LogP contribution < -0.4 is 5.32 Å². The molecule has 0 atom stereocenters. The van der Waals surface area contributed by atoms with E-state index in [9.17, 15) is 0 Å². The molecule has 5 heteroatoms. The van der Waals surface area contributed by atoms with E-state index in [0.29, 0.717) is 0 Å². The molecular weight excluding hydrogens is 282 g/mol. The highest BCUT2D eigenvalue weighted by Crippen LogP contribution is 2.12. The summed E-state index contributed by atoms with van der Waals surface area (Å²) in [6.07, 6.45) is 5.14. The summed E-state index contributed by atoms with van der Waals surface area (Å²) in [6.45, 7) is 3.83. The highest BCUT2D eigenvalue weighted by atomic mass is 32.1. The second-order valence-corrected chi connectivity index (χ2v) is 6.20. The summed E-state index contributed by atoms with van der Waals surface area (Å²) in [5, 5.41) is 5.58. The molecule has 0 spiro atoms. The molecule has 0 unspecified atom stereocenters. The van der Waals surface area contributed by atoms with Gasteiger partial charge in [-0.15, -0.1) is 11.3 Å². The number of guanidine groups is 1. The van der Waals surface area contributed by atoms with E-state index in [1.54, 1.807) is 17.6 Å². The summed E-state index contributed by atoms with van der Waals surface area (Å²) in [5.41, 5.74) is 0. The van der Waals surface area contributed by atoms with Gasteiger partial charge in [-0.05, 0) is 36.4 Å². The molecule has 2 aromatic heterocycles. The minimum atomic E-state index is 0.761. The van der Waals surface area contributed by atoms with E-state index >= 15 is 0 Å². The number of aliphatic imine (C=N–C) groups is 1. The molecule has 2 aromatic rings. The molecule has 0 saturated carbocycles. The molecule has 1 aliphatic heterocycles. The predicted octanol–water partition coefficient (Wildman–Crippen LogP) is 3.13. The maximum Gasteiger partial charge on any atom is 0.194 e. The Hall–Kier alpha value is -1.75. The minimum Gasteiger partial charge on any atom is -0.469 e. The zero-order chi connectivity index (χ0) is 14.3. The van der Waals surface area contributed by atoms with E-state index in [-0.39, 0.29) is 0 Å². The van der Waals surface area contributed by atoms with Gasteiger partial charge in [0.25, 0.3) is 0 Å². The molecule has 3 heterocycles. The number of rotatable bonds is 5. The molecule has 1 aliphatic rings. The van der Waals surface area contributed by atoms with Gasteiger partial charge in [-0.3, -0.25) is 0 Å². The maximum absolute atomic E-state index is 5.37. The van der Waals surface area contributed by atoms with Crippen molar-refractivity contribution in [2.24, 2.45) is 4.99 Å².